The first-order chi connectivity index (χ1) is 13.6. The summed E-state index contributed by atoms with van der Waals surface area (Å²) in [4.78, 5) is 24.9. The molecule has 5 rings (SSSR count). The van der Waals surface area contributed by atoms with Gasteiger partial charge in [-0.3, -0.25) is 14.9 Å². The van der Waals surface area contributed by atoms with E-state index in [4.69, 9.17) is 0 Å². The molecule has 4 aromatic heterocycles. The Morgan fingerprint density at radius 1 is 1.14 bits per heavy atom. The molecule has 0 bridgehead atoms. The predicted octanol–water partition coefficient (Wildman–Crippen LogP) is 4.27. The predicted molar refractivity (Wildman–Crippen MR) is 107 cm³/mol. The zero-order valence-corrected chi connectivity index (χ0v) is 15.9. The van der Waals surface area contributed by atoms with Gasteiger partial charge in [0, 0.05) is 52.9 Å². The van der Waals surface area contributed by atoms with Gasteiger partial charge in [-0.15, -0.1) is 0 Å². The molecule has 0 spiro atoms. The number of nitrogens with one attached hydrogen (secondary N) is 2. The number of aromatic nitrogens is 5. The number of fused-ring (bicyclic) bond motifs is 1. The molecule has 6 nitrogen and oxygen atoms in total. The normalized spacial score (nSPS) is 13.9. The van der Waals surface area contributed by atoms with E-state index in [1.165, 1.54) is 18.4 Å². The lowest BCUT2D eigenvalue weighted by Gasteiger charge is -2.01. The minimum atomic E-state index is 0.0000868. The van der Waals surface area contributed by atoms with Gasteiger partial charge in [-0.25, -0.2) is 4.98 Å². The van der Waals surface area contributed by atoms with Crippen molar-refractivity contribution >= 4 is 16.8 Å². The summed E-state index contributed by atoms with van der Waals surface area (Å²) in [6.07, 6.45) is 8.40. The van der Waals surface area contributed by atoms with Crippen LogP contribution in [-0.2, 0) is 6.42 Å². The van der Waals surface area contributed by atoms with Crippen LogP contribution in [-0.4, -0.2) is 30.9 Å². The maximum atomic E-state index is 12.6. The van der Waals surface area contributed by atoms with Crippen molar-refractivity contribution in [3.8, 4) is 11.3 Å². The van der Waals surface area contributed by atoms with Gasteiger partial charge in [-0.05, 0) is 61.9 Å². The lowest BCUT2D eigenvalue weighted by atomic mass is 10.0. The van der Waals surface area contributed by atoms with Crippen LogP contribution in [0.2, 0.25) is 0 Å². The van der Waals surface area contributed by atoms with Gasteiger partial charge < -0.3 is 4.98 Å². The van der Waals surface area contributed by atoms with E-state index in [1.807, 2.05) is 32.3 Å². The molecule has 6 heteroatoms. The third-order valence-corrected chi connectivity index (χ3v) is 5.53. The number of ketones is 1. The smallest absolute Gasteiger partial charge is 0.187 e. The Labute approximate surface area is 162 Å². The summed E-state index contributed by atoms with van der Waals surface area (Å²) >= 11 is 0. The van der Waals surface area contributed by atoms with Gasteiger partial charge in [-0.1, -0.05) is 0 Å². The molecular weight excluding hydrogens is 350 g/mol. The summed E-state index contributed by atoms with van der Waals surface area (Å²) < 4.78 is 0. The summed E-state index contributed by atoms with van der Waals surface area (Å²) in [5.41, 5.74) is 7.42. The summed E-state index contributed by atoms with van der Waals surface area (Å²) in [5, 5.41) is 8.00. The van der Waals surface area contributed by atoms with E-state index in [2.05, 4.69) is 37.3 Å². The second kappa shape index (κ2) is 6.41. The highest BCUT2D eigenvalue weighted by atomic mass is 16.1. The number of hydrogen-bond donors (Lipinski definition) is 2. The van der Waals surface area contributed by atoms with E-state index < -0.39 is 0 Å². The number of Topliss-reactive ketones (excluding diaryl/α,β-unsaturated/α-hetero) is 1. The van der Waals surface area contributed by atoms with E-state index >= 15 is 0 Å². The van der Waals surface area contributed by atoms with Crippen molar-refractivity contribution in [1.82, 2.24) is 25.1 Å². The van der Waals surface area contributed by atoms with Crippen LogP contribution < -0.4 is 0 Å². The van der Waals surface area contributed by atoms with E-state index in [0.717, 1.165) is 39.1 Å². The van der Waals surface area contributed by atoms with Gasteiger partial charge in [0.05, 0.1) is 0 Å². The van der Waals surface area contributed by atoms with Crippen LogP contribution in [0.1, 0.15) is 51.6 Å². The van der Waals surface area contributed by atoms with Crippen LogP contribution in [0.15, 0.2) is 36.8 Å². The number of aromatic amines is 2. The highest BCUT2D eigenvalue weighted by Gasteiger charge is 2.24. The number of carbonyl (C=O) groups excluding carboxylic acids is 1. The molecule has 1 fully saturated rings. The monoisotopic (exact) mass is 371 g/mol. The van der Waals surface area contributed by atoms with Crippen LogP contribution in [0.25, 0.3) is 22.3 Å². The summed E-state index contributed by atoms with van der Waals surface area (Å²) in [6.45, 7) is 3.83. The number of hydrogen-bond acceptors (Lipinski definition) is 4. The molecule has 1 saturated carbocycles. The average Bonchev–Trinajstić information content (AvgIpc) is 3.38. The molecule has 0 unspecified atom stereocenters. The zero-order chi connectivity index (χ0) is 19.3. The Hall–Kier alpha value is -3.28. The van der Waals surface area contributed by atoms with Gasteiger partial charge >= 0.3 is 0 Å². The largest absolute Gasteiger partial charge is 0.339 e. The van der Waals surface area contributed by atoms with Crippen LogP contribution in [0.3, 0.4) is 0 Å². The van der Waals surface area contributed by atoms with Gasteiger partial charge in [0.2, 0.25) is 0 Å². The molecule has 0 atom stereocenters. The van der Waals surface area contributed by atoms with Crippen molar-refractivity contribution in [3.05, 3.63) is 64.9 Å². The SMILES string of the molecule is Cc1[nH]nc(C(=O)Cc2cnc3[nH]c(-c4cncc(C5CC5)c4)cc3c2)c1C. The molecular formula is C22H21N5O. The zero-order valence-electron chi connectivity index (χ0n) is 15.9. The number of rotatable bonds is 5. The van der Waals surface area contributed by atoms with Gasteiger partial charge in [0.1, 0.15) is 11.3 Å². The van der Waals surface area contributed by atoms with E-state index in [-0.39, 0.29) is 12.2 Å². The summed E-state index contributed by atoms with van der Waals surface area (Å²) in [6, 6.07) is 6.31. The Morgan fingerprint density at radius 3 is 2.75 bits per heavy atom. The van der Waals surface area contributed by atoms with Gasteiger partial charge in [0.25, 0.3) is 0 Å². The first kappa shape index (κ1) is 16.9. The van der Waals surface area contributed by atoms with Crippen LogP contribution in [0, 0.1) is 13.8 Å². The Bertz CT molecular complexity index is 1200. The first-order valence-electron chi connectivity index (χ1n) is 9.56. The lowest BCUT2D eigenvalue weighted by molar-refractivity contribution is 0.0987. The second-order valence-corrected chi connectivity index (χ2v) is 7.67. The fraction of sp³-hybridized carbons (Fsp3) is 0.273. The van der Waals surface area contributed by atoms with E-state index in [0.29, 0.717) is 11.6 Å². The van der Waals surface area contributed by atoms with Gasteiger partial charge in [-0.2, -0.15) is 5.10 Å². The minimum Gasteiger partial charge on any atom is -0.339 e. The second-order valence-electron chi connectivity index (χ2n) is 7.67. The van der Waals surface area contributed by atoms with Gasteiger partial charge in [0.15, 0.2) is 5.78 Å². The van der Waals surface area contributed by atoms with Crippen LogP contribution in [0.5, 0.6) is 0 Å². The summed E-state index contributed by atoms with van der Waals surface area (Å²) in [5.74, 6) is 0.668. The standard InChI is InChI=1S/C22H21N5O/c1-12-13(2)26-27-21(12)20(28)6-14-5-16-8-19(25-22(16)24-9-14)18-7-17(10-23-11-18)15-3-4-15/h5,7-11,15H,3-4,6H2,1-2H3,(H,24,25)(H,26,27). The molecule has 1 aliphatic rings. The molecule has 0 aliphatic heterocycles. The molecule has 0 amide bonds. The van der Waals surface area contributed by atoms with Crippen LogP contribution in [0.4, 0.5) is 0 Å². The molecule has 1 aliphatic carbocycles. The number of pyridine rings is 2. The van der Waals surface area contributed by atoms with E-state index in [1.54, 1.807) is 6.20 Å². The highest BCUT2D eigenvalue weighted by Crippen LogP contribution is 2.40. The fourth-order valence-corrected chi connectivity index (χ4v) is 3.58. The fourth-order valence-electron chi connectivity index (χ4n) is 3.58. The van der Waals surface area contributed by atoms with Crippen molar-refractivity contribution in [1.29, 1.82) is 0 Å². The number of H-pyrrole nitrogens is 2. The van der Waals surface area contributed by atoms with Crippen molar-refractivity contribution in [2.45, 2.75) is 39.0 Å². The summed E-state index contributed by atoms with van der Waals surface area (Å²) in [7, 11) is 0. The van der Waals surface area contributed by atoms with Crippen molar-refractivity contribution in [3.63, 3.8) is 0 Å². The third kappa shape index (κ3) is 3.01. The Balaban J connectivity index is 1.43. The first-order valence-corrected chi connectivity index (χ1v) is 9.56. The van der Waals surface area contributed by atoms with E-state index in [9.17, 15) is 4.79 Å². The quantitative estimate of drug-likeness (QED) is 0.513. The third-order valence-electron chi connectivity index (χ3n) is 5.53. The molecule has 140 valence electrons. The maximum absolute atomic E-state index is 12.6. The van der Waals surface area contributed by atoms with Crippen molar-refractivity contribution < 1.29 is 4.79 Å². The number of nitrogens with zero attached hydrogens (tertiary/aromatic N) is 3. The molecule has 0 saturated heterocycles. The molecule has 28 heavy (non-hydrogen) atoms. The highest BCUT2D eigenvalue weighted by molar-refractivity contribution is 5.97. The van der Waals surface area contributed by atoms with Crippen LogP contribution >= 0.6 is 0 Å². The molecule has 4 aromatic rings. The number of aryl methyl sites for hydroxylation is 1. The number of carbonyl (C=O) groups is 1. The molecule has 0 radical (unpaired) electrons. The lowest BCUT2D eigenvalue weighted by Crippen LogP contribution is -2.06. The average molecular weight is 371 g/mol. The topological polar surface area (TPSA) is 87.3 Å². The van der Waals surface area contributed by atoms with Crippen molar-refractivity contribution in [2.24, 2.45) is 0 Å². The Morgan fingerprint density at radius 2 is 2.00 bits per heavy atom. The minimum absolute atomic E-state index is 0.0000868. The molecule has 4 heterocycles. The molecule has 2 N–H and O–H groups in total. The maximum Gasteiger partial charge on any atom is 0.187 e. The Kier molecular flexibility index (Phi) is 3.86. The van der Waals surface area contributed by atoms with Crippen molar-refractivity contribution in [2.75, 3.05) is 0 Å². The molecule has 0 aromatic carbocycles.